The molecule has 94 valence electrons. The van der Waals surface area contributed by atoms with Crippen molar-refractivity contribution in [2.75, 3.05) is 20.8 Å². The van der Waals surface area contributed by atoms with Crippen molar-refractivity contribution in [2.45, 2.75) is 31.2 Å². The lowest BCUT2D eigenvalue weighted by molar-refractivity contribution is -0.137. The van der Waals surface area contributed by atoms with E-state index in [1.807, 2.05) is 0 Å². The molecule has 0 aliphatic rings. The molecule has 0 fully saturated rings. The molecule has 0 aromatic carbocycles. The van der Waals surface area contributed by atoms with Crippen LogP contribution in [0.4, 0.5) is 0 Å². The van der Waals surface area contributed by atoms with Gasteiger partial charge in [-0.25, -0.2) is 4.79 Å². The number of esters is 1. The maximum atomic E-state index is 10.7. The minimum atomic E-state index is -0.333. The molecule has 16 heavy (non-hydrogen) atoms. The quantitative estimate of drug-likeness (QED) is 0.190. The zero-order chi connectivity index (χ0) is 12.2. The Bertz CT molecular complexity index is 192. The Balaban J connectivity index is 3.21. The summed E-state index contributed by atoms with van der Waals surface area (Å²) in [6.07, 6.45) is 3.05. The van der Waals surface area contributed by atoms with Crippen molar-refractivity contribution in [3.05, 3.63) is 12.7 Å². The summed E-state index contributed by atoms with van der Waals surface area (Å²) in [5.41, 5.74) is 0. The summed E-state index contributed by atoms with van der Waals surface area (Å²) in [6.45, 7) is 3.84. The van der Waals surface area contributed by atoms with Gasteiger partial charge in [0.05, 0.1) is 6.61 Å². The maximum absolute atomic E-state index is 10.7. The number of ether oxygens (including phenoxy) is 3. The number of carbonyl (C=O) groups excluding carboxylic acids is 1. The van der Waals surface area contributed by atoms with Crippen molar-refractivity contribution in [3.63, 3.8) is 0 Å². The summed E-state index contributed by atoms with van der Waals surface area (Å²) < 4.78 is 15.1. The largest absolute Gasteiger partial charge is 0.463 e. The first-order valence-electron chi connectivity index (χ1n) is 5.59. The smallest absolute Gasteiger partial charge is 0.330 e. The van der Waals surface area contributed by atoms with E-state index in [0.29, 0.717) is 6.61 Å². The van der Waals surface area contributed by atoms with Gasteiger partial charge in [0.2, 0.25) is 0 Å². The van der Waals surface area contributed by atoms with E-state index < -0.39 is 0 Å². The monoisotopic (exact) mass is 246 g/mol. The Kier molecular flexibility index (Phi) is 10.4. The Morgan fingerprint density at radius 1 is 1.38 bits per heavy atom. The lowest BCUT2D eigenvalue weighted by Crippen LogP contribution is -2.13. The van der Waals surface area contributed by atoms with Crippen molar-refractivity contribution in [1.82, 2.24) is 0 Å². The van der Waals surface area contributed by atoms with Crippen LogP contribution in [0.15, 0.2) is 12.7 Å². The van der Waals surface area contributed by atoms with E-state index in [1.165, 1.54) is 18.2 Å². The van der Waals surface area contributed by atoms with Crippen LogP contribution < -0.4 is 0 Å². The van der Waals surface area contributed by atoms with Crippen LogP contribution >= 0.6 is 0 Å². The van der Waals surface area contributed by atoms with Gasteiger partial charge in [0.25, 0.3) is 0 Å². The van der Waals surface area contributed by atoms with Gasteiger partial charge >= 0.3 is 5.97 Å². The minimum absolute atomic E-state index is 0.0638. The predicted octanol–water partition coefficient (Wildman–Crippen LogP) is 1.12. The second-order valence-electron chi connectivity index (χ2n) is 3.48. The van der Waals surface area contributed by atoms with Crippen LogP contribution in [0, 0.1) is 0 Å². The summed E-state index contributed by atoms with van der Waals surface area (Å²) in [7, 11) is 3.24. The molecule has 0 atom stereocenters. The molecule has 0 saturated carbocycles. The number of rotatable bonds is 10. The standard InChI is InChI=1S/C11H22O4Si/c1-4-10(12)15-7-5-8-16-9-6-11(13-2)14-3/h4,11H,1,5-9,16H2,2-3H3. The summed E-state index contributed by atoms with van der Waals surface area (Å²) in [6, 6.07) is 2.38. The molecule has 0 unspecified atom stereocenters. The second-order valence-corrected chi connectivity index (χ2v) is 5.60. The van der Waals surface area contributed by atoms with Crippen LogP contribution in [0.5, 0.6) is 0 Å². The average Bonchev–Trinajstić information content (AvgIpc) is 2.32. The second kappa shape index (κ2) is 10.9. The highest BCUT2D eigenvalue weighted by Crippen LogP contribution is 2.04. The molecule has 0 heterocycles. The van der Waals surface area contributed by atoms with Gasteiger partial charge in [-0.15, -0.1) is 0 Å². The Morgan fingerprint density at radius 3 is 2.62 bits per heavy atom. The molecule has 0 rings (SSSR count). The third kappa shape index (κ3) is 8.64. The molecule has 0 saturated heterocycles. The van der Waals surface area contributed by atoms with Crippen molar-refractivity contribution >= 4 is 15.5 Å². The summed E-state index contributed by atoms with van der Waals surface area (Å²) in [4.78, 5) is 10.7. The first kappa shape index (κ1) is 15.3. The van der Waals surface area contributed by atoms with Gasteiger partial charge in [-0.2, -0.15) is 0 Å². The Hall–Kier alpha value is -0.653. The molecule has 0 aliphatic carbocycles. The normalized spacial score (nSPS) is 11.2. The average molecular weight is 246 g/mol. The van der Waals surface area contributed by atoms with Crippen molar-refractivity contribution in [2.24, 2.45) is 0 Å². The molecular formula is C11H22O4Si. The maximum Gasteiger partial charge on any atom is 0.330 e. The van der Waals surface area contributed by atoms with Crippen LogP contribution in [0.3, 0.4) is 0 Å². The van der Waals surface area contributed by atoms with E-state index in [1.54, 1.807) is 14.2 Å². The topological polar surface area (TPSA) is 44.8 Å². The van der Waals surface area contributed by atoms with E-state index in [4.69, 9.17) is 14.2 Å². The molecule has 0 aliphatic heterocycles. The van der Waals surface area contributed by atoms with Crippen LogP contribution in [-0.4, -0.2) is 42.6 Å². The Labute approximate surface area is 99.8 Å². The van der Waals surface area contributed by atoms with Crippen LogP contribution in [0.1, 0.15) is 12.8 Å². The van der Waals surface area contributed by atoms with Crippen LogP contribution in [-0.2, 0) is 19.0 Å². The SMILES string of the molecule is C=CC(=O)OCCC[SiH2]CCC(OC)OC. The molecule has 4 nitrogen and oxygen atoms in total. The fourth-order valence-electron chi connectivity index (χ4n) is 1.33. The highest BCUT2D eigenvalue weighted by Gasteiger charge is 2.03. The number of carbonyl (C=O) groups is 1. The van der Waals surface area contributed by atoms with Crippen molar-refractivity contribution in [1.29, 1.82) is 0 Å². The lowest BCUT2D eigenvalue weighted by atomic mass is 10.5. The Morgan fingerprint density at radius 2 is 2.06 bits per heavy atom. The predicted molar refractivity (Wildman–Crippen MR) is 66.4 cm³/mol. The molecule has 0 N–H and O–H groups in total. The van der Waals surface area contributed by atoms with Gasteiger partial charge in [0.15, 0.2) is 6.29 Å². The van der Waals surface area contributed by atoms with Gasteiger partial charge < -0.3 is 14.2 Å². The van der Waals surface area contributed by atoms with E-state index in [-0.39, 0.29) is 21.8 Å². The summed E-state index contributed by atoms with van der Waals surface area (Å²) >= 11 is 0. The zero-order valence-corrected chi connectivity index (χ0v) is 11.7. The van der Waals surface area contributed by atoms with Gasteiger partial charge in [-0.05, 0) is 12.8 Å². The van der Waals surface area contributed by atoms with Gasteiger partial charge in [0, 0.05) is 29.8 Å². The van der Waals surface area contributed by atoms with Gasteiger partial charge in [-0.3, -0.25) is 0 Å². The van der Waals surface area contributed by atoms with Crippen molar-refractivity contribution in [3.8, 4) is 0 Å². The summed E-state index contributed by atoms with van der Waals surface area (Å²) in [5.74, 6) is -0.333. The van der Waals surface area contributed by atoms with Gasteiger partial charge in [0.1, 0.15) is 0 Å². The van der Waals surface area contributed by atoms with Crippen molar-refractivity contribution < 1.29 is 19.0 Å². The molecular weight excluding hydrogens is 224 g/mol. The molecule has 0 aromatic heterocycles. The van der Waals surface area contributed by atoms with Gasteiger partial charge in [-0.1, -0.05) is 18.7 Å². The van der Waals surface area contributed by atoms with E-state index in [2.05, 4.69) is 6.58 Å². The minimum Gasteiger partial charge on any atom is -0.463 e. The van der Waals surface area contributed by atoms with E-state index in [0.717, 1.165) is 12.8 Å². The highest BCUT2D eigenvalue weighted by atomic mass is 28.2. The third-order valence-corrected chi connectivity index (χ3v) is 4.18. The molecule has 5 heteroatoms. The molecule has 0 amide bonds. The molecule has 0 aromatic rings. The highest BCUT2D eigenvalue weighted by molar-refractivity contribution is 6.35. The fraction of sp³-hybridized carbons (Fsp3) is 0.727. The summed E-state index contributed by atoms with van der Waals surface area (Å²) in [5, 5.41) is 0. The first-order chi connectivity index (χ1) is 7.74. The van der Waals surface area contributed by atoms with Crippen LogP contribution in [0.25, 0.3) is 0 Å². The number of methoxy groups -OCH3 is 2. The van der Waals surface area contributed by atoms with E-state index in [9.17, 15) is 4.79 Å². The lowest BCUT2D eigenvalue weighted by Gasteiger charge is -2.12. The molecule has 0 bridgehead atoms. The van der Waals surface area contributed by atoms with E-state index >= 15 is 0 Å². The number of hydrogen-bond donors (Lipinski definition) is 0. The zero-order valence-electron chi connectivity index (χ0n) is 10.2. The molecule has 0 spiro atoms. The number of hydrogen-bond acceptors (Lipinski definition) is 4. The first-order valence-corrected chi connectivity index (χ1v) is 7.59. The fourth-order valence-corrected chi connectivity index (χ4v) is 2.86. The van der Waals surface area contributed by atoms with Crippen LogP contribution in [0.2, 0.25) is 12.1 Å². The third-order valence-electron chi connectivity index (χ3n) is 2.27. The molecule has 0 radical (unpaired) electrons.